The van der Waals surface area contributed by atoms with E-state index in [1.165, 1.54) is 10.5 Å². The molecule has 0 N–H and O–H groups in total. The van der Waals surface area contributed by atoms with Crippen LogP contribution < -0.4 is 9.80 Å². The molecule has 1 amide bonds. The molecule has 2 heterocycles. The molecular formula is C28H33ClN6O2. The Bertz CT molecular complexity index is 1430. The second-order valence-electron chi connectivity index (χ2n) is 11.0. The van der Waals surface area contributed by atoms with E-state index in [9.17, 15) is 4.79 Å². The van der Waals surface area contributed by atoms with Crippen LogP contribution >= 0.6 is 11.6 Å². The number of benzene rings is 2. The summed E-state index contributed by atoms with van der Waals surface area (Å²) in [6.45, 7) is 12.0. The molecule has 4 rings (SSSR count). The molecule has 194 valence electrons. The minimum Gasteiger partial charge on any atom is -0.443 e. The molecular weight excluding hydrogens is 488 g/mol. The van der Waals surface area contributed by atoms with Crippen molar-refractivity contribution >= 4 is 51.9 Å². The highest BCUT2D eigenvalue weighted by Crippen LogP contribution is 2.33. The average Bonchev–Trinajstić information content (AvgIpc) is 3.12. The SMILES string of the molecule is CN(c1ccc2c(c1)nc(N(C(=O)OC(C)(C)C)c1ccc(C(C)(C)C)cc1)n2C)c1ccnc(Cl)n1. The standard InChI is InChI=1S/C28H33ClN6O2/c1-27(2,3)18-9-11-19(12-10-18)35(26(36)37-28(4,5)6)25-31-21-17-20(13-14-22(21)34(25)8)33(7)23-15-16-30-24(29)32-23/h9-17H,1-8H3. The molecule has 0 aliphatic rings. The normalized spacial score (nSPS) is 12.0. The van der Waals surface area contributed by atoms with Gasteiger partial charge in [0.15, 0.2) is 0 Å². The van der Waals surface area contributed by atoms with E-state index in [4.69, 9.17) is 21.3 Å². The number of hydrogen-bond acceptors (Lipinski definition) is 6. The first-order chi connectivity index (χ1) is 17.2. The van der Waals surface area contributed by atoms with E-state index < -0.39 is 11.7 Å². The van der Waals surface area contributed by atoms with Gasteiger partial charge in [0.05, 0.1) is 16.7 Å². The van der Waals surface area contributed by atoms with Crippen LogP contribution in [0.3, 0.4) is 0 Å². The number of carbonyl (C=O) groups is 1. The van der Waals surface area contributed by atoms with Crippen LogP contribution in [-0.2, 0) is 17.2 Å². The molecule has 0 saturated heterocycles. The Morgan fingerprint density at radius 2 is 1.59 bits per heavy atom. The van der Waals surface area contributed by atoms with Crippen LogP contribution in [0.5, 0.6) is 0 Å². The minimum atomic E-state index is -0.667. The maximum Gasteiger partial charge on any atom is 0.421 e. The Morgan fingerprint density at radius 3 is 2.19 bits per heavy atom. The second-order valence-corrected chi connectivity index (χ2v) is 11.3. The number of aryl methyl sites for hydroxylation is 1. The summed E-state index contributed by atoms with van der Waals surface area (Å²) in [5.74, 6) is 1.11. The minimum absolute atomic E-state index is 0.0104. The molecule has 0 spiro atoms. The summed E-state index contributed by atoms with van der Waals surface area (Å²) < 4.78 is 7.68. The topological polar surface area (TPSA) is 76.4 Å². The number of ether oxygens (including phenoxy) is 1. The van der Waals surface area contributed by atoms with Gasteiger partial charge in [-0.25, -0.2) is 24.6 Å². The Labute approximate surface area is 222 Å². The molecule has 0 aliphatic heterocycles. The number of rotatable bonds is 4. The first-order valence-electron chi connectivity index (χ1n) is 12.1. The highest BCUT2D eigenvalue weighted by molar-refractivity contribution is 6.28. The number of halogens is 1. The lowest BCUT2D eigenvalue weighted by atomic mass is 9.87. The second kappa shape index (κ2) is 9.67. The number of amides is 1. The highest BCUT2D eigenvalue weighted by Gasteiger charge is 2.29. The molecule has 9 heteroatoms. The Kier molecular flexibility index (Phi) is 6.90. The predicted molar refractivity (Wildman–Crippen MR) is 149 cm³/mol. The largest absolute Gasteiger partial charge is 0.443 e. The maximum atomic E-state index is 13.5. The summed E-state index contributed by atoms with van der Waals surface area (Å²) >= 11 is 5.98. The third-order valence-corrected chi connectivity index (χ3v) is 6.13. The molecule has 0 radical (unpaired) electrons. The zero-order valence-electron chi connectivity index (χ0n) is 22.6. The molecule has 8 nitrogen and oxygen atoms in total. The van der Waals surface area contributed by atoms with Gasteiger partial charge >= 0.3 is 6.09 Å². The van der Waals surface area contributed by atoms with E-state index in [0.29, 0.717) is 17.5 Å². The van der Waals surface area contributed by atoms with Gasteiger partial charge in [0, 0.05) is 26.0 Å². The first-order valence-corrected chi connectivity index (χ1v) is 12.4. The molecule has 0 unspecified atom stereocenters. The van der Waals surface area contributed by atoms with Gasteiger partial charge in [-0.2, -0.15) is 0 Å². The van der Waals surface area contributed by atoms with E-state index >= 15 is 0 Å². The highest BCUT2D eigenvalue weighted by atomic mass is 35.5. The average molecular weight is 521 g/mol. The van der Waals surface area contributed by atoms with Crippen molar-refractivity contribution in [3.05, 3.63) is 65.6 Å². The number of hydrogen-bond donors (Lipinski definition) is 0. The van der Waals surface area contributed by atoms with Gasteiger partial charge in [-0.3, -0.25) is 0 Å². The van der Waals surface area contributed by atoms with Crippen LogP contribution in [0, 0.1) is 0 Å². The molecule has 2 aromatic carbocycles. The summed E-state index contributed by atoms with van der Waals surface area (Å²) in [4.78, 5) is 30.0. The van der Waals surface area contributed by atoms with Crippen LogP contribution in [-0.4, -0.2) is 38.3 Å². The lowest BCUT2D eigenvalue weighted by Crippen LogP contribution is -2.35. The van der Waals surface area contributed by atoms with Crippen molar-refractivity contribution in [1.82, 2.24) is 19.5 Å². The number of anilines is 4. The summed E-state index contributed by atoms with van der Waals surface area (Å²) in [5.41, 5.74) is 3.63. The van der Waals surface area contributed by atoms with E-state index in [1.807, 2.05) is 86.8 Å². The quantitative estimate of drug-likeness (QED) is 0.266. The first kappa shape index (κ1) is 26.4. The van der Waals surface area contributed by atoms with Crippen molar-refractivity contribution in [3.8, 4) is 0 Å². The van der Waals surface area contributed by atoms with Crippen molar-refractivity contribution in [2.75, 3.05) is 16.8 Å². The predicted octanol–water partition coefficient (Wildman–Crippen LogP) is 7.16. The number of aromatic nitrogens is 4. The Hall–Kier alpha value is -3.65. The van der Waals surface area contributed by atoms with E-state index in [1.54, 1.807) is 12.3 Å². The van der Waals surface area contributed by atoms with Crippen LogP contribution in [0.15, 0.2) is 54.7 Å². The Balaban J connectivity index is 1.79. The van der Waals surface area contributed by atoms with Crippen LogP contribution in [0.1, 0.15) is 47.1 Å². The van der Waals surface area contributed by atoms with E-state index in [-0.39, 0.29) is 10.7 Å². The number of imidazole rings is 1. The zero-order valence-corrected chi connectivity index (χ0v) is 23.3. The van der Waals surface area contributed by atoms with E-state index in [2.05, 4.69) is 30.7 Å². The van der Waals surface area contributed by atoms with Gasteiger partial charge in [-0.05, 0) is 79.7 Å². The van der Waals surface area contributed by atoms with E-state index in [0.717, 1.165) is 16.7 Å². The fourth-order valence-electron chi connectivity index (χ4n) is 3.95. The lowest BCUT2D eigenvalue weighted by molar-refractivity contribution is 0.0596. The number of fused-ring (bicyclic) bond motifs is 1. The van der Waals surface area contributed by atoms with Gasteiger partial charge < -0.3 is 14.2 Å². The summed E-state index contributed by atoms with van der Waals surface area (Å²) in [5, 5.41) is 0.177. The van der Waals surface area contributed by atoms with Crippen molar-refractivity contribution < 1.29 is 9.53 Å². The molecule has 0 bridgehead atoms. The smallest absolute Gasteiger partial charge is 0.421 e. The molecule has 2 aromatic heterocycles. The molecule has 37 heavy (non-hydrogen) atoms. The van der Waals surface area contributed by atoms with Crippen LogP contribution in [0.25, 0.3) is 11.0 Å². The number of nitrogens with zero attached hydrogens (tertiary/aromatic N) is 6. The molecule has 0 saturated carbocycles. The maximum absolute atomic E-state index is 13.5. The van der Waals surface area contributed by atoms with Crippen molar-refractivity contribution in [1.29, 1.82) is 0 Å². The van der Waals surface area contributed by atoms with Gasteiger partial charge in [0.25, 0.3) is 0 Å². The summed E-state index contributed by atoms with van der Waals surface area (Å²) in [7, 11) is 3.78. The summed E-state index contributed by atoms with van der Waals surface area (Å²) in [6.07, 6.45) is 1.12. The third-order valence-electron chi connectivity index (χ3n) is 5.95. The van der Waals surface area contributed by atoms with Crippen LogP contribution in [0.4, 0.5) is 27.9 Å². The third kappa shape index (κ3) is 5.69. The van der Waals surface area contributed by atoms with Gasteiger partial charge in [0.2, 0.25) is 11.2 Å². The molecule has 0 aliphatic carbocycles. The zero-order chi connectivity index (χ0) is 27.1. The summed E-state index contributed by atoms with van der Waals surface area (Å²) in [6, 6.07) is 15.6. The van der Waals surface area contributed by atoms with Crippen LogP contribution in [0.2, 0.25) is 5.28 Å². The van der Waals surface area contributed by atoms with Gasteiger partial charge in [-0.1, -0.05) is 32.9 Å². The van der Waals surface area contributed by atoms with Crippen molar-refractivity contribution in [3.63, 3.8) is 0 Å². The molecule has 4 aromatic rings. The van der Waals surface area contributed by atoms with Crippen molar-refractivity contribution in [2.24, 2.45) is 7.05 Å². The molecule has 0 atom stereocenters. The van der Waals surface area contributed by atoms with Gasteiger partial charge in [0.1, 0.15) is 11.4 Å². The monoisotopic (exact) mass is 520 g/mol. The molecule has 0 fully saturated rings. The number of carbonyl (C=O) groups excluding carboxylic acids is 1. The fraction of sp³-hybridized carbons (Fsp3) is 0.357. The fourth-order valence-corrected chi connectivity index (χ4v) is 4.09. The van der Waals surface area contributed by atoms with Crippen molar-refractivity contribution in [2.45, 2.75) is 52.6 Å². The Morgan fingerprint density at radius 1 is 0.946 bits per heavy atom. The lowest BCUT2D eigenvalue weighted by Gasteiger charge is -2.27. The van der Waals surface area contributed by atoms with Gasteiger partial charge in [-0.15, -0.1) is 0 Å².